The number of benzene rings is 2. The molecule has 0 radical (unpaired) electrons. The molecular formula is C32H26FN5O6S. The maximum absolute atomic E-state index is 14.7. The molecule has 45 heavy (non-hydrogen) atoms. The molecule has 7 rings (SSSR count). The average Bonchev–Trinajstić information content (AvgIpc) is 3.62. The second-order valence-electron chi connectivity index (χ2n) is 10.5. The summed E-state index contributed by atoms with van der Waals surface area (Å²) in [7, 11) is 0.648. The fourth-order valence-corrected chi connectivity index (χ4v) is 6.17. The van der Waals surface area contributed by atoms with Crippen LogP contribution in [0.4, 0.5) is 10.1 Å². The van der Waals surface area contributed by atoms with Gasteiger partial charge in [0.15, 0.2) is 12.5 Å². The number of furan rings is 1. The SMILES string of the molecule is CNC(=O)c1c(-c2cccnc2OC)oc2cc(N(C)S(C)(=O)=O)c(-c3ccc4c(n3)-c3cc5c(F)cccc5n3CO4)cc12. The highest BCUT2D eigenvalue weighted by atomic mass is 32.2. The molecule has 6 aromatic rings. The minimum Gasteiger partial charge on any atom is -0.480 e. The third kappa shape index (κ3) is 4.46. The molecule has 0 atom stereocenters. The van der Waals surface area contributed by atoms with Crippen molar-refractivity contribution in [2.24, 2.45) is 0 Å². The number of hydrogen-bond acceptors (Lipinski definition) is 8. The Labute approximate surface area is 256 Å². The number of nitrogens with one attached hydrogen (secondary N) is 1. The van der Waals surface area contributed by atoms with Gasteiger partial charge in [0.05, 0.1) is 47.1 Å². The van der Waals surface area contributed by atoms with Gasteiger partial charge < -0.3 is 23.8 Å². The van der Waals surface area contributed by atoms with Gasteiger partial charge in [0.25, 0.3) is 5.91 Å². The number of pyridine rings is 2. The molecule has 4 aromatic heterocycles. The van der Waals surface area contributed by atoms with Crippen LogP contribution in [-0.2, 0) is 16.8 Å². The van der Waals surface area contributed by atoms with Crippen LogP contribution < -0.4 is 19.1 Å². The zero-order valence-electron chi connectivity index (χ0n) is 24.6. The minimum absolute atomic E-state index is 0.176. The number of hydrogen-bond donors (Lipinski definition) is 1. The van der Waals surface area contributed by atoms with E-state index in [1.54, 1.807) is 60.8 Å². The van der Waals surface area contributed by atoms with E-state index < -0.39 is 15.9 Å². The molecule has 0 aliphatic carbocycles. The van der Waals surface area contributed by atoms with Crippen molar-refractivity contribution >= 4 is 43.5 Å². The number of fused-ring (bicyclic) bond motifs is 6. The number of sulfonamides is 1. The largest absolute Gasteiger partial charge is 0.480 e. The first-order chi connectivity index (χ1) is 21.6. The molecule has 1 aliphatic rings. The summed E-state index contributed by atoms with van der Waals surface area (Å²) in [6.45, 7) is 0.176. The number of rotatable bonds is 6. The molecule has 0 saturated heterocycles. The van der Waals surface area contributed by atoms with Crippen LogP contribution in [0.5, 0.6) is 11.6 Å². The van der Waals surface area contributed by atoms with Crippen molar-refractivity contribution in [2.45, 2.75) is 6.73 Å². The second-order valence-corrected chi connectivity index (χ2v) is 12.5. The van der Waals surface area contributed by atoms with Crippen molar-refractivity contribution in [2.75, 3.05) is 31.8 Å². The third-order valence-corrected chi connectivity index (χ3v) is 9.12. The maximum Gasteiger partial charge on any atom is 0.255 e. The Morgan fingerprint density at radius 1 is 1.09 bits per heavy atom. The van der Waals surface area contributed by atoms with Crippen LogP contribution in [0, 0.1) is 5.82 Å². The monoisotopic (exact) mass is 627 g/mol. The summed E-state index contributed by atoms with van der Waals surface area (Å²) in [5.41, 5.74) is 3.77. The van der Waals surface area contributed by atoms with Crippen molar-refractivity contribution in [3.8, 4) is 45.6 Å². The van der Waals surface area contributed by atoms with Gasteiger partial charge in [-0.2, -0.15) is 0 Å². The van der Waals surface area contributed by atoms with Gasteiger partial charge in [0.1, 0.15) is 22.8 Å². The molecule has 0 fully saturated rings. The van der Waals surface area contributed by atoms with Crippen LogP contribution in [0.2, 0.25) is 0 Å². The number of nitrogens with zero attached hydrogens (tertiary/aromatic N) is 4. The van der Waals surface area contributed by atoms with Crippen LogP contribution in [0.3, 0.4) is 0 Å². The molecule has 1 aliphatic heterocycles. The Morgan fingerprint density at radius 3 is 2.67 bits per heavy atom. The maximum atomic E-state index is 14.7. The number of carbonyl (C=O) groups is 1. The summed E-state index contributed by atoms with van der Waals surface area (Å²) in [6, 6.07) is 16.7. The van der Waals surface area contributed by atoms with Crippen molar-refractivity contribution in [3.05, 3.63) is 78.2 Å². The van der Waals surface area contributed by atoms with E-state index in [4.69, 9.17) is 18.9 Å². The van der Waals surface area contributed by atoms with Crippen molar-refractivity contribution in [1.29, 1.82) is 0 Å². The second kappa shape index (κ2) is 10.3. The molecule has 1 N–H and O–H groups in total. The van der Waals surface area contributed by atoms with E-state index >= 15 is 0 Å². The lowest BCUT2D eigenvalue weighted by Gasteiger charge is -2.23. The number of halogens is 1. The topological polar surface area (TPSA) is 129 Å². The van der Waals surface area contributed by atoms with Crippen molar-refractivity contribution in [3.63, 3.8) is 0 Å². The summed E-state index contributed by atoms with van der Waals surface area (Å²) in [5, 5.41) is 3.52. The van der Waals surface area contributed by atoms with Crippen molar-refractivity contribution < 1.29 is 31.5 Å². The van der Waals surface area contributed by atoms with Crippen LogP contribution in [0.1, 0.15) is 10.4 Å². The zero-order valence-corrected chi connectivity index (χ0v) is 25.4. The van der Waals surface area contributed by atoms with Gasteiger partial charge in [-0.1, -0.05) is 6.07 Å². The molecule has 11 nitrogen and oxygen atoms in total. The van der Waals surface area contributed by atoms with Crippen LogP contribution in [0.15, 0.2) is 71.3 Å². The molecular weight excluding hydrogens is 601 g/mol. The molecule has 0 saturated carbocycles. The summed E-state index contributed by atoms with van der Waals surface area (Å²) in [5.74, 6) is 0.158. The molecule has 1 amide bonds. The normalized spacial score (nSPS) is 12.5. The third-order valence-electron chi connectivity index (χ3n) is 7.92. The zero-order chi connectivity index (χ0) is 31.6. The van der Waals surface area contributed by atoms with Gasteiger partial charge in [-0.3, -0.25) is 9.10 Å². The summed E-state index contributed by atoms with van der Waals surface area (Å²) >= 11 is 0. The van der Waals surface area contributed by atoms with E-state index in [-0.39, 0.29) is 41.0 Å². The van der Waals surface area contributed by atoms with Gasteiger partial charge in [0.2, 0.25) is 15.9 Å². The van der Waals surface area contributed by atoms with Gasteiger partial charge >= 0.3 is 0 Å². The first-order valence-corrected chi connectivity index (χ1v) is 15.6. The molecule has 2 aromatic carbocycles. The number of ether oxygens (including phenoxy) is 2. The highest BCUT2D eigenvalue weighted by Gasteiger charge is 2.29. The predicted molar refractivity (Wildman–Crippen MR) is 167 cm³/mol. The quantitative estimate of drug-likeness (QED) is 0.259. The lowest BCUT2D eigenvalue weighted by molar-refractivity contribution is 0.0964. The fourth-order valence-electron chi connectivity index (χ4n) is 5.66. The van der Waals surface area contributed by atoms with E-state index in [2.05, 4.69) is 10.3 Å². The highest BCUT2D eigenvalue weighted by Crippen LogP contribution is 2.44. The number of carbonyl (C=O) groups excluding carboxylic acids is 1. The Kier molecular flexibility index (Phi) is 6.51. The fraction of sp³-hybridized carbons (Fsp3) is 0.156. The summed E-state index contributed by atoms with van der Waals surface area (Å²) < 4.78 is 61.0. The molecule has 0 spiro atoms. The molecule has 228 valence electrons. The van der Waals surface area contributed by atoms with E-state index in [1.165, 1.54) is 27.3 Å². The Hall–Kier alpha value is -5.43. The smallest absolute Gasteiger partial charge is 0.255 e. The number of aromatic nitrogens is 3. The summed E-state index contributed by atoms with van der Waals surface area (Å²) in [4.78, 5) is 22.5. The Morgan fingerprint density at radius 2 is 1.91 bits per heavy atom. The van der Waals surface area contributed by atoms with Crippen LogP contribution in [0.25, 0.3) is 55.8 Å². The molecule has 13 heteroatoms. The van der Waals surface area contributed by atoms with Gasteiger partial charge in [-0.25, -0.2) is 22.8 Å². The lowest BCUT2D eigenvalue weighted by Crippen LogP contribution is -2.25. The van der Waals surface area contributed by atoms with Crippen LogP contribution in [-0.4, -0.2) is 56.3 Å². The first kappa shape index (κ1) is 28.3. The highest BCUT2D eigenvalue weighted by molar-refractivity contribution is 7.92. The first-order valence-electron chi connectivity index (χ1n) is 13.8. The van der Waals surface area contributed by atoms with E-state index in [0.717, 1.165) is 10.6 Å². The van der Waals surface area contributed by atoms with Gasteiger partial charge in [-0.15, -0.1) is 0 Å². The Bertz CT molecular complexity index is 2300. The van der Waals surface area contributed by atoms with E-state index in [9.17, 15) is 17.6 Å². The Balaban J connectivity index is 1.51. The summed E-state index contributed by atoms with van der Waals surface area (Å²) in [6.07, 6.45) is 2.65. The molecule has 0 bridgehead atoms. The van der Waals surface area contributed by atoms with Crippen LogP contribution >= 0.6 is 0 Å². The van der Waals surface area contributed by atoms with Crippen molar-refractivity contribution in [1.82, 2.24) is 19.9 Å². The number of amides is 1. The molecule has 0 unspecified atom stereocenters. The predicted octanol–water partition coefficient (Wildman–Crippen LogP) is 5.43. The average molecular weight is 628 g/mol. The number of methoxy groups -OCH3 is 1. The van der Waals surface area contributed by atoms with E-state index in [0.29, 0.717) is 50.2 Å². The van der Waals surface area contributed by atoms with Gasteiger partial charge in [0, 0.05) is 42.7 Å². The minimum atomic E-state index is -3.75. The number of anilines is 1. The standard InChI is InChI=1S/C32H26FN5O6S/c1-34-31(39)28-20-13-19(22-10-11-26-29(36-22)25-14-18-21(33)8-5-9-23(18)38(25)16-43-26)24(37(2)45(4,40)41)15-27(20)44-30(28)17-7-6-12-35-32(17)42-3/h5-15H,16H2,1-4H3,(H,34,39). The van der Waals surface area contributed by atoms with E-state index in [1.807, 2.05) is 4.57 Å². The lowest BCUT2D eigenvalue weighted by atomic mass is 10.0. The molecule has 5 heterocycles. The van der Waals surface area contributed by atoms with Gasteiger partial charge in [-0.05, 0) is 48.5 Å².